The largest absolute Gasteiger partial charge is 0.492 e. The average molecular weight is 355 g/mol. The van der Waals surface area contributed by atoms with E-state index >= 15 is 0 Å². The Balaban J connectivity index is 1.80. The molecule has 0 aliphatic heterocycles. The fraction of sp³-hybridized carbons (Fsp3) is 0.235. The van der Waals surface area contributed by atoms with Gasteiger partial charge in [-0.2, -0.15) is 0 Å². The van der Waals surface area contributed by atoms with Crippen LogP contribution in [0.5, 0.6) is 5.75 Å². The number of anilines is 1. The molecule has 2 N–H and O–H groups in total. The Kier molecular flexibility index (Phi) is 5.98. The number of hydrogen-bond acceptors (Lipinski definition) is 2. The minimum absolute atomic E-state index is 0.110. The van der Waals surface area contributed by atoms with Crippen LogP contribution in [0.3, 0.4) is 0 Å². The van der Waals surface area contributed by atoms with Crippen molar-refractivity contribution in [2.75, 3.05) is 18.5 Å². The maximum atomic E-state index is 13.0. The van der Waals surface area contributed by atoms with E-state index in [-0.39, 0.29) is 18.9 Å². The Morgan fingerprint density at radius 1 is 1.17 bits per heavy atom. The molecule has 0 fully saturated rings. The summed E-state index contributed by atoms with van der Waals surface area (Å²) in [5.74, 6) is -1.73. The average Bonchev–Trinajstić information content (AvgIpc) is 2.51. The number of amides is 2. The molecule has 0 heterocycles. The van der Waals surface area contributed by atoms with Gasteiger partial charge in [-0.15, -0.1) is 0 Å². The molecule has 24 heavy (non-hydrogen) atoms. The summed E-state index contributed by atoms with van der Waals surface area (Å²) in [6.45, 7) is 4.06. The van der Waals surface area contributed by atoms with Crippen molar-refractivity contribution in [2.45, 2.75) is 13.8 Å². The Labute approximate surface area is 143 Å². The molecule has 7 heteroatoms. The molecule has 0 saturated carbocycles. The number of urea groups is 1. The van der Waals surface area contributed by atoms with Crippen molar-refractivity contribution in [3.05, 3.63) is 58.1 Å². The van der Waals surface area contributed by atoms with Crippen molar-refractivity contribution >= 4 is 23.3 Å². The number of ether oxygens (including phenoxy) is 1. The number of rotatable bonds is 5. The summed E-state index contributed by atoms with van der Waals surface area (Å²) in [4.78, 5) is 11.9. The predicted molar refractivity (Wildman–Crippen MR) is 89.8 cm³/mol. The first-order chi connectivity index (χ1) is 11.4. The molecule has 0 radical (unpaired) electrons. The van der Waals surface area contributed by atoms with Crippen LogP contribution in [0.25, 0.3) is 0 Å². The summed E-state index contributed by atoms with van der Waals surface area (Å²) >= 11 is 6.11. The van der Waals surface area contributed by atoms with Crippen molar-refractivity contribution < 1.29 is 18.3 Å². The molecule has 2 amide bonds. The van der Waals surface area contributed by atoms with Crippen LogP contribution in [0.2, 0.25) is 5.02 Å². The predicted octanol–water partition coefficient (Wildman–Crippen LogP) is 4.44. The van der Waals surface area contributed by atoms with E-state index in [0.717, 1.165) is 23.3 Å². The molecule has 0 aromatic heterocycles. The fourth-order valence-corrected chi connectivity index (χ4v) is 2.50. The SMILES string of the molecule is Cc1cc(C)c(NC(=O)NCCOc2ccc(F)c(F)c2)c(Cl)c1. The molecule has 128 valence electrons. The van der Waals surface area contributed by atoms with Gasteiger partial charge in [-0.25, -0.2) is 13.6 Å². The Bertz CT molecular complexity index is 730. The van der Waals surface area contributed by atoms with Gasteiger partial charge in [0.25, 0.3) is 0 Å². The van der Waals surface area contributed by atoms with E-state index in [4.69, 9.17) is 16.3 Å². The summed E-state index contributed by atoms with van der Waals surface area (Å²) in [5, 5.41) is 5.73. The second-order valence-electron chi connectivity index (χ2n) is 5.24. The van der Waals surface area contributed by atoms with Gasteiger partial charge in [0.15, 0.2) is 11.6 Å². The summed E-state index contributed by atoms with van der Waals surface area (Å²) in [6.07, 6.45) is 0. The molecule has 0 spiro atoms. The lowest BCUT2D eigenvalue weighted by Gasteiger charge is -2.13. The van der Waals surface area contributed by atoms with Crippen molar-refractivity contribution in [3.8, 4) is 5.75 Å². The zero-order valence-electron chi connectivity index (χ0n) is 13.3. The smallest absolute Gasteiger partial charge is 0.319 e. The van der Waals surface area contributed by atoms with Crippen LogP contribution in [0.15, 0.2) is 30.3 Å². The van der Waals surface area contributed by atoms with E-state index in [1.165, 1.54) is 6.07 Å². The molecule has 0 atom stereocenters. The summed E-state index contributed by atoms with van der Waals surface area (Å²) in [7, 11) is 0. The van der Waals surface area contributed by atoms with Gasteiger partial charge in [0.05, 0.1) is 17.3 Å². The third kappa shape index (κ3) is 4.83. The van der Waals surface area contributed by atoms with E-state index in [2.05, 4.69) is 10.6 Å². The van der Waals surface area contributed by atoms with Crippen molar-refractivity contribution in [1.29, 1.82) is 0 Å². The maximum absolute atomic E-state index is 13.0. The topological polar surface area (TPSA) is 50.4 Å². The molecule has 0 aliphatic carbocycles. The second-order valence-corrected chi connectivity index (χ2v) is 5.65. The minimum Gasteiger partial charge on any atom is -0.492 e. The molecular weight excluding hydrogens is 338 g/mol. The quantitative estimate of drug-likeness (QED) is 0.780. The molecular formula is C17H17ClF2N2O2. The first kappa shape index (κ1) is 18.0. The number of aryl methyl sites for hydroxylation is 2. The fourth-order valence-electron chi connectivity index (χ4n) is 2.13. The van der Waals surface area contributed by atoms with Crippen LogP contribution in [0.4, 0.5) is 19.3 Å². The lowest BCUT2D eigenvalue weighted by molar-refractivity contribution is 0.247. The number of nitrogens with one attached hydrogen (secondary N) is 2. The number of carbonyl (C=O) groups excluding carboxylic acids is 1. The number of benzene rings is 2. The number of halogens is 3. The highest BCUT2D eigenvalue weighted by atomic mass is 35.5. The van der Waals surface area contributed by atoms with E-state index < -0.39 is 17.7 Å². The van der Waals surface area contributed by atoms with Crippen LogP contribution in [0, 0.1) is 25.5 Å². The van der Waals surface area contributed by atoms with Gasteiger partial charge in [0.2, 0.25) is 0 Å². The van der Waals surface area contributed by atoms with Crippen LogP contribution in [-0.2, 0) is 0 Å². The zero-order valence-corrected chi connectivity index (χ0v) is 14.0. The van der Waals surface area contributed by atoms with Gasteiger partial charge in [0.1, 0.15) is 12.4 Å². The van der Waals surface area contributed by atoms with Crippen LogP contribution in [0.1, 0.15) is 11.1 Å². The molecule has 0 bridgehead atoms. The Hall–Kier alpha value is -2.34. The van der Waals surface area contributed by atoms with Crippen LogP contribution < -0.4 is 15.4 Å². The molecule has 0 aliphatic rings. The standard InChI is InChI=1S/C17H17ClF2N2O2/c1-10-7-11(2)16(13(18)8-10)22-17(23)21-5-6-24-12-3-4-14(19)15(20)9-12/h3-4,7-9H,5-6H2,1-2H3,(H2,21,22,23). The first-order valence-electron chi connectivity index (χ1n) is 7.26. The molecule has 0 saturated heterocycles. The number of carbonyl (C=O) groups is 1. The van der Waals surface area contributed by atoms with Gasteiger partial charge >= 0.3 is 6.03 Å². The Morgan fingerprint density at radius 3 is 2.58 bits per heavy atom. The summed E-state index contributed by atoms with van der Waals surface area (Å²) in [5.41, 5.74) is 2.40. The van der Waals surface area contributed by atoms with Crippen molar-refractivity contribution in [3.63, 3.8) is 0 Å². The molecule has 2 aromatic carbocycles. The van der Waals surface area contributed by atoms with Gasteiger partial charge < -0.3 is 15.4 Å². The van der Waals surface area contributed by atoms with Crippen molar-refractivity contribution in [2.24, 2.45) is 0 Å². The monoisotopic (exact) mass is 354 g/mol. The highest BCUT2D eigenvalue weighted by molar-refractivity contribution is 6.34. The molecule has 2 rings (SSSR count). The van der Waals surface area contributed by atoms with Gasteiger partial charge in [0, 0.05) is 6.07 Å². The lowest BCUT2D eigenvalue weighted by Crippen LogP contribution is -2.32. The van der Waals surface area contributed by atoms with Crippen molar-refractivity contribution in [1.82, 2.24) is 5.32 Å². The maximum Gasteiger partial charge on any atom is 0.319 e. The van der Waals surface area contributed by atoms with E-state index in [9.17, 15) is 13.6 Å². The lowest BCUT2D eigenvalue weighted by atomic mass is 10.1. The molecule has 4 nitrogen and oxygen atoms in total. The normalized spacial score (nSPS) is 10.4. The van der Waals surface area contributed by atoms with Gasteiger partial charge in [-0.05, 0) is 43.2 Å². The van der Waals surface area contributed by atoms with Gasteiger partial charge in [-0.3, -0.25) is 0 Å². The highest BCUT2D eigenvalue weighted by Crippen LogP contribution is 2.27. The first-order valence-corrected chi connectivity index (χ1v) is 7.64. The van der Waals surface area contributed by atoms with E-state index in [1.807, 2.05) is 19.9 Å². The molecule has 0 unspecified atom stereocenters. The molecule has 2 aromatic rings. The summed E-state index contributed by atoms with van der Waals surface area (Å²) < 4.78 is 31.0. The van der Waals surface area contributed by atoms with Crippen LogP contribution >= 0.6 is 11.6 Å². The highest BCUT2D eigenvalue weighted by Gasteiger charge is 2.09. The van der Waals surface area contributed by atoms with E-state index in [1.54, 1.807) is 6.07 Å². The van der Waals surface area contributed by atoms with E-state index in [0.29, 0.717) is 10.7 Å². The van der Waals surface area contributed by atoms with Crippen LogP contribution in [-0.4, -0.2) is 19.2 Å². The third-order valence-electron chi connectivity index (χ3n) is 3.22. The van der Waals surface area contributed by atoms with Gasteiger partial charge in [-0.1, -0.05) is 17.7 Å². The minimum atomic E-state index is -0.984. The summed E-state index contributed by atoms with van der Waals surface area (Å²) in [6, 6.07) is 6.48. The number of hydrogen-bond donors (Lipinski definition) is 2. The third-order valence-corrected chi connectivity index (χ3v) is 3.52. The Morgan fingerprint density at radius 2 is 1.92 bits per heavy atom. The zero-order chi connectivity index (χ0) is 17.7. The second kappa shape index (κ2) is 7.97.